The number of anilines is 2. The Labute approximate surface area is 280 Å². The van der Waals surface area contributed by atoms with E-state index in [1.807, 2.05) is 0 Å². The number of urea groups is 1. The molecule has 0 saturated carbocycles. The molecule has 18 nitrogen and oxygen atoms in total. The zero-order valence-corrected chi connectivity index (χ0v) is 26.3. The van der Waals surface area contributed by atoms with Gasteiger partial charge in [-0.25, -0.2) is 14.6 Å². The number of aromatic nitrogens is 2. The van der Waals surface area contributed by atoms with Crippen LogP contribution in [0, 0.1) is 0 Å². The maximum absolute atomic E-state index is 13.6. The number of H-pyrrole nitrogens is 1. The molecule has 3 atom stereocenters. The Morgan fingerprint density at radius 3 is 2.37 bits per heavy atom. The highest BCUT2D eigenvalue weighted by molar-refractivity contribution is 8.00. The number of aromatic hydroxyl groups is 2. The number of ether oxygens (including phenoxy) is 2. The molecule has 1 fully saturated rings. The van der Waals surface area contributed by atoms with Gasteiger partial charge in [-0.2, -0.15) is 0 Å². The van der Waals surface area contributed by atoms with E-state index < -0.39 is 53.0 Å². The molecule has 4 amide bonds. The molecule has 3 aromatic rings. The van der Waals surface area contributed by atoms with Gasteiger partial charge in [-0.15, -0.1) is 11.8 Å². The first kappa shape index (κ1) is 34.1. The number of thioether (sulfide) groups is 1. The molecule has 0 bridgehead atoms. The van der Waals surface area contributed by atoms with Crippen LogP contribution >= 0.6 is 11.8 Å². The van der Waals surface area contributed by atoms with Crippen LogP contribution in [0.3, 0.4) is 0 Å². The van der Waals surface area contributed by atoms with E-state index in [1.165, 1.54) is 43.3 Å². The van der Waals surface area contributed by atoms with Gasteiger partial charge >= 0.3 is 18.2 Å². The molecule has 2 unspecified atom stereocenters. The normalized spacial score (nSPS) is 17.2. The van der Waals surface area contributed by atoms with Gasteiger partial charge in [-0.3, -0.25) is 29.1 Å². The molecule has 8 N–H and O–H groups in total. The van der Waals surface area contributed by atoms with E-state index in [0.29, 0.717) is 0 Å². The Hall–Kier alpha value is -6.24. The van der Waals surface area contributed by atoms with Crippen LogP contribution in [0.25, 0.3) is 0 Å². The number of hydrogen-bond donors (Lipinski definition) is 8. The lowest BCUT2D eigenvalue weighted by Gasteiger charge is -2.49. The SMILES string of the molecule is CC(=O)OCC1=C(OC(=O)O)N2C(=O)C(NC(=O)C(NC(=O)Nc3cnc(NCc4ccc(O)cc4)[nH]c3=O)c3ccc(O)cc3)[C@@H]2SC1. The van der Waals surface area contributed by atoms with E-state index >= 15 is 0 Å². The largest absolute Gasteiger partial charge is 0.512 e. The fourth-order valence-electron chi connectivity index (χ4n) is 4.76. The summed E-state index contributed by atoms with van der Waals surface area (Å²) < 4.78 is 9.78. The number of aromatic amines is 1. The minimum Gasteiger partial charge on any atom is -0.508 e. The zero-order valence-electron chi connectivity index (χ0n) is 25.5. The third kappa shape index (κ3) is 8.19. The maximum Gasteiger partial charge on any atom is 0.512 e. The van der Waals surface area contributed by atoms with E-state index in [1.54, 1.807) is 12.1 Å². The molecule has 0 radical (unpaired) electrons. The summed E-state index contributed by atoms with van der Waals surface area (Å²) in [7, 11) is 0. The van der Waals surface area contributed by atoms with E-state index in [9.17, 15) is 44.1 Å². The van der Waals surface area contributed by atoms with Gasteiger partial charge in [0, 0.05) is 24.8 Å². The predicted molar refractivity (Wildman–Crippen MR) is 171 cm³/mol. The highest BCUT2D eigenvalue weighted by atomic mass is 32.2. The maximum atomic E-state index is 13.6. The minimum atomic E-state index is -1.70. The number of amides is 4. The van der Waals surface area contributed by atoms with Crippen molar-refractivity contribution < 1.29 is 48.8 Å². The van der Waals surface area contributed by atoms with Crippen LogP contribution in [0.15, 0.2) is 71.0 Å². The molecule has 2 aromatic carbocycles. The molecule has 1 aromatic heterocycles. The molecular formula is C30H29N7O11S. The average molecular weight is 696 g/mol. The molecule has 5 rings (SSSR count). The molecule has 2 aliphatic heterocycles. The quantitative estimate of drug-likeness (QED) is 0.105. The number of β-lactam (4-membered cyclic amide) rings is 1. The summed E-state index contributed by atoms with van der Waals surface area (Å²) in [6, 6.07) is 8.12. The average Bonchev–Trinajstić information content (AvgIpc) is 3.06. The van der Waals surface area contributed by atoms with Crippen LogP contribution in [-0.2, 0) is 30.4 Å². The summed E-state index contributed by atoms with van der Waals surface area (Å²) in [5.41, 5.74) is 0.295. The van der Waals surface area contributed by atoms with Crippen molar-refractivity contribution in [1.82, 2.24) is 25.5 Å². The predicted octanol–water partition coefficient (Wildman–Crippen LogP) is 1.53. The van der Waals surface area contributed by atoms with Crippen LogP contribution in [0.4, 0.5) is 21.2 Å². The van der Waals surface area contributed by atoms with Crippen LogP contribution in [-0.4, -0.2) is 83.9 Å². The van der Waals surface area contributed by atoms with Gasteiger partial charge in [0.05, 0.1) is 6.20 Å². The minimum absolute atomic E-state index is 0.104. The molecule has 1 saturated heterocycles. The molecule has 49 heavy (non-hydrogen) atoms. The fourth-order valence-corrected chi connectivity index (χ4v) is 6.07. The number of carboxylic acid groups (broad SMARTS) is 1. The Kier molecular flexibility index (Phi) is 10.2. The van der Waals surface area contributed by atoms with E-state index in [4.69, 9.17) is 9.47 Å². The third-order valence-electron chi connectivity index (χ3n) is 7.13. The first-order valence-electron chi connectivity index (χ1n) is 14.4. The summed E-state index contributed by atoms with van der Waals surface area (Å²) in [5, 5.41) is 37.9. The van der Waals surface area contributed by atoms with Crippen molar-refractivity contribution in [2.24, 2.45) is 0 Å². The number of rotatable bonds is 11. The van der Waals surface area contributed by atoms with Crippen molar-refractivity contribution in [1.29, 1.82) is 0 Å². The van der Waals surface area contributed by atoms with Crippen molar-refractivity contribution in [2.75, 3.05) is 23.0 Å². The monoisotopic (exact) mass is 695 g/mol. The van der Waals surface area contributed by atoms with Crippen LogP contribution in [0.5, 0.6) is 11.5 Å². The molecule has 256 valence electrons. The molecule has 0 aliphatic carbocycles. The van der Waals surface area contributed by atoms with Crippen molar-refractivity contribution in [2.45, 2.75) is 30.9 Å². The third-order valence-corrected chi connectivity index (χ3v) is 8.47. The Morgan fingerprint density at radius 2 is 1.73 bits per heavy atom. The number of fused-ring (bicyclic) bond motifs is 1. The smallest absolute Gasteiger partial charge is 0.508 e. The highest BCUT2D eigenvalue weighted by Crippen LogP contribution is 2.41. The molecule has 2 aliphatic rings. The summed E-state index contributed by atoms with van der Waals surface area (Å²) in [4.78, 5) is 82.7. The number of benzene rings is 2. The summed E-state index contributed by atoms with van der Waals surface area (Å²) in [6.07, 6.45) is -0.590. The summed E-state index contributed by atoms with van der Waals surface area (Å²) in [5.74, 6) is -2.28. The number of phenols is 2. The van der Waals surface area contributed by atoms with Crippen molar-refractivity contribution >= 4 is 53.4 Å². The number of hydrogen-bond acceptors (Lipinski definition) is 13. The van der Waals surface area contributed by atoms with Crippen LogP contribution in [0.1, 0.15) is 24.1 Å². The lowest BCUT2D eigenvalue weighted by molar-refractivity contribution is -0.149. The second-order valence-electron chi connectivity index (χ2n) is 10.6. The van der Waals surface area contributed by atoms with Gasteiger partial charge in [0.25, 0.3) is 11.5 Å². The van der Waals surface area contributed by atoms with Crippen molar-refractivity contribution in [3.05, 3.63) is 87.7 Å². The van der Waals surface area contributed by atoms with E-state index in [2.05, 4.69) is 31.2 Å². The number of phenolic OH excluding ortho intramolecular Hbond substituents is 2. The van der Waals surface area contributed by atoms with Gasteiger partial charge in [0.2, 0.25) is 17.7 Å². The molecule has 19 heteroatoms. The van der Waals surface area contributed by atoms with Crippen LogP contribution in [0.2, 0.25) is 0 Å². The highest BCUT2D eigenvalue weighted by Gasteiger charge is 2.54. The van der Waals surface area contributed by atoms with Crippen molar-refractivity contribution in [3.8, 4) is 11.5 Å². The number of nitrogens with zero attached hydrogens (tertiary/aromatic N) is 2. The number of carbonyl (C=O) groups is 5. The second-order valence-corrected chi connectivity index (χ2v) is 11.7. The first-order valence-corrected chi connectivity index (χ1v) is 15.4. The first-order chi connectivity index (χ1) is 23.4. The van der Waals surface area contributed by atoms with Gasteiger partial charge in [0.15, 0.2) is 0 Å². The summed E-state index contributed by atoms with van der Waals surface area (Å²) >= 11 is 1.16. The molecule has 0 spiro atoms. The zero-order chi connectivity index (χ0) is 35.2. The summed E-state index contributed by atoms with van der Waals surface area (Å²) in [6.45, 7) is 1.14. The Bertz CT molecular complexity index is 1860. The Balaban J connectivity index is 1.26. The number of esters is 1. The van der Waals surface area contributed by atoms with Gasteiger partial charge in [-0.05, 0) is 35.4 Å². The number of carbonyl (C=O) groups excluding carboxylic acids is 4. The fraction of sp³-hybridized carbons (Fsp3) is 0.233. The van der Waals surface area contributed by atoms with Gasteiger partial charge in [-0.1, -0.05) is 24.3 Å². The standard InChI is InChI=1S/C30H29N7O11S/c1-14(38)47-12-17-13-49-27-22(25(43)37(27)26(17)48-30(45)46)34-24(42)21(16-4-8-19(40)9-5-16)35-29(44)33-20-11-32-28(36-23(20)41)31-10-15-2-6-18(39)7-3-15/h2-9,11,21-22,27,39-40H,10,12-13H2,1H3,(H,34,42)(H,45,46)(H2,33,35,44)(H2,31,32,36,41)/t21?,22?,27-/m0/s1. The lowest BCUT2D eigenvalue weighted by atomic mass is 10.0. The number of nitrogens with one attached hydrogen (secondary N) is 5. The molecular weight excluding hydrogens is 666 g/mol. The topological polar surface area (TPSA) is 262 Å². The Morgan fingerprint density at radius 1 is 1.06 bits per heavy atom. The van der Waals surface area contributed by atoms with Gasteiger partial charge in [0.1, 0.15) is 41.3 Å². The van der Waals surface area contributed by atoms with Gasteiger partial charge < -0.3 is 46.1 Å². The van der Waals surface area contributed by atoms with Crippen LogP contribution < -0.4 is 26.8 Å². The molecule has 3 heterocycles. The van der Waals surface area contributed by atoms with Crippen molar-refractivity contribution in [3.63, 3.8) is 0 Å². The second kappa shape index (κ2) is 14.7. The van der Waals surface area contributed by atoms with E-state index in [-0.39, 0.29) is 59.1 Å². The lowest BCUT2D eigenvalue weighted by Crippen LogP contribution is -2.71. The van der Waals surface area contributed by atoms with E-state index in [0.717, 1.165) is 28.4 Å².